The first-order valence-electron chi connectivity index (χ1n) is 5.45. The predicted molar refractivity (Wildman–Crippen MR) is 66.3 cm³/mol. The monoisotopic (exact) mass is 254 g/mol. The summed E-state index contributed by atoms with van der Waals surface area (Å²) in [4.78, 5) is 19.6. The summed E-state index contributed by atoms with van der Waals surface area (Å²) in [6.07, 6.45) is 0.800. The lowest BCUT2D eigenvalue weighted by Gasteiger charge is -2.19. The minimum atomic E-state index is -0.598. The molecule has 0 aromatic carbocycles. The van der Waals surface area contributed by atoms with E-state index in [1.54, 1.807) is 20.8 Å². The number of carbonyl (C=O) groups excluding carboxylic acids is 1. The summed E-state index contributed by atoms with van der Waals surface area (Å²) in [5.74, 6) is 0.532. The van der Waals surface area contributed by atoms with Crippen LogP contribution in [0.25, 0.3) is 0 Å². The first kappa shape index (κ1) is 14.2. The summed E-state index contributed by atoms with van der Waals surface area (Å²) < 4.78 is 10.1. The highest BCUT2D eigenvalue weighted by atomic mass is 16.6. The topological polar surface area (TPSA) is 99.4 Å². The fraction of sp³-hybridized carbons (Fsp3) is 0.545. The third kappa shape index (κ3) is 4.17. The van der Waals surface area contributed by atoms with E-state index in [0.717, 1.165) is 0 Å². The molecule has 0 saturated carbocycles. The van der Waals surface area contributed by atoms with Crippen LogP contribution in [0.5, 0.6) is 5.88 Å². The number of rotatable bonds is 3. The lowest BCUT2D eigenvalue weighted by Crippen LogP contribution is -2.27. The van der Waals surface area contributed by atoms with E-state index in [0.29, 0.717) is 5.69 Å². The quantitative estimate of drug-likeness (QED) is 0.843. The van der Waals surface area contributed by atoms with Gasteiger partial charge in [-0.3, -0.25) is 10.3 Å². The molecule has 0 saturated heterocycles. The molecule has 1 amide bonds. The molecule has 0 spiro atoms. The number of nitrogens with zero attached hydrogens (tertiary/aromatic N) is 2. The van der Waals surface area contributed by atoms with Crippen LogP contribution in [-0.4, -0.2) is 28.8 Å². The molecular formula is C11H18N4O3. The molecule has 7 heteroatoms. The Bertz CT molecular complexity index is 429. The predicted octanol–water partition coefficient (Wildman–Crippen LogP) is 1.29. The minimum Gasteiger partial charge on any atom is -0.480 e. The van der Waals surface area contributed by atoms with E-state index in [2.05, 4.69) is 15.3 Å². The van der Waals surface area contributed by atoms with Crippen LogP contribution >= 0.6 is 0 Å². The van der Waals surface area contributed by atoms with Crippen molar-refractivity contribution >= 4 is 11.9 Å². The fourth-order valence-electron chi connectivity index (χ4n) is 1.17. The van der Waals surface area contributed by atoms with Crippen molar-refractivity contribution in [1.82, 2.24) is 9.97 Å². The van der Waals surface area contributed by atoms with E-state index in [1.165, 1.54) is 13.3 Å². The van der Waals surface area contributed by atoms with Gasteiger partial charge in [0.25, 0.3) is 0 Å². The molecule has 0 unspecified atom stereocenters. The van der Waals surface area contributed by atoms with Crippen LogP contribution in [0.15, 0.2) is 6.20 Å². The zero-order valence-corrected chi connectivity index (χ0v) is 11.0. The maximum absolute atomic E-state index is 11.5. The van der Waals surface area contributed by atoms with Crippen molar-refractivity contribution in [1.29, 1.82) is 0 Å². The summed E-state index contributed by atoms with van der Waals surface area (Å²) in [6.45, 7) is 5.53. The van der Waals surface area contributed by atoms with Gasteiger partial charge in [0.05, 0.1) is 13.3 Å². The van der Waals surface area contributed by atoms with Gasteiger partial charge in [0, 0.05) is 6.54 Å². The van der Waals surface area contributed by atoms with Gasteiger partial charge in [-0.05, 0) is 20.8 Å². The van der Waals surface area contributed by atoms with E-state index < -0.39 is 11.7 Å². The lowest BCUT2D eigenvalue weighted by atomic mass is 10.2. The van der Waals surface area contributed by atoms with Gasteiger partial charge in [-0.1, -0.05) is 0 Å². The Labute approximate surface area is 106 Å². The second-order valence-electron chi connectivity index (χ2n) is 4.54. The number of hydrogen-bond donors (Lipinski definition) is 2. The Kier molecular flexibility index (Phi) is 4.43. The largest absolute Gasteiger partial charge is 0.480 e. The molecule has 0 aliphatic carbocycles. The van der Waals surface area contributed by atoms with Gasteiger partial charge in [0.15, 0.2) is 5.82 Å². The molecule has 0 atom stereocenters. The molecule has 0 aliphatic rings. The third-order valence-electron chi connectivity index (χ3n) is 1.83. The van der Waals surface area contributed by atoms with Crippen molar-refractivity contribution in [2.45, 2.75) is 32.9 Å². The Morgan fingerprint density at radius 2 is 2.17 bits per heavy atom. The zero-order valence-electron chi connectivity index (χ0n) is 11.0. The Balaban J connectivity index is 2.76. The second-order valence-corrected chi connectivity index (χ2v) is 4.54. The first-order valence-corrected chi connectivity index (χ1v) is 5.45. The maximum atomic E-state index is 11.5. The van der Waals surface area contributed by atoms with E-state index in [1.807, 2.05) is 0 Å². The SMILES string of the molecule is COc1nc(NC(=O)OC(C)(C)C)cnc1CN. The minimum absolute atomic E-state index is 0.211. The summed E-state index contributed by atoms with van der Waals surface area (Å²) in [5, 5.41) is 2.47. The average molecular weight is 254 g/mol. The number of hydrogen-bond acceptors (Lipinski definition) is 6. The molecule has 0 fully saturated rings. The highest BCUT2D eigenvalue weighted by Gasteiger charge is 2.17. The van der Waals surface area contributed by atoms with Crippen LogP contribution in [-0.2, 0) is 11.3 Å². The Morgan fingerprint density at radius 1 is 1.50 bits per heavy atom. The van der Waals surface area contributed by atoms with Crippen LogP contribution in [0.2, 0.25) is 0 Å². The summed E-state index contributed by atoms with van der Waals surface area (Å²) in [5.41, 5.74) is 5.42. The standard InChI is InChI=1S/C11H18N4O3/c1-11(2,3)18-10(16)15-8-6-13-7(5-12)9(14-8)17-4/h6H,5,12H2,1-4H3,(H,14,15,16). The number of nitrogens with two attached hydrogens (primary N) is 1. The molecule has 0 aliphatic heterocycles. The van der Waals surface area contributed by atoms with Gasteiger partial charge in [0.2, 0.25) is 5.88 Å². The molecule has 1 aromatic rings. The number of anilines is 1. The number of carbonyl (C=O) groups is 1. The second kappa shape index (κ2) is 5.63. The zero-order chi connectivity index (χ0) is 13.8. The van der Waals surface area contributed by atoms with E-state index in [-0.39, 0.29) is 18.2 Å². The molecule has 0 bridgehead atoms. The molecular weight excluding hydrogens is 236 g/mol. The van der Waals surface area contributed by atoms with Crippen molar-refractivity contribution in [2.75, 3.05) is 12.4 Å². The van der Waals surface area contributed by atoms with Crippen LogP contribution in [0.4, 0.5) is 10.6 Å². The van der Waals surface area contributed by atoms with Crippen molar-refractivity contribution in [3.8, 4) is 5.88 Å². The molecule has 3 N–H and O–H groups in total. The molecule has 18 heavy (non-hydrogen) atoms. The lowest BCUT2D eigenvalue weighted by molar-refractivity contribution is 0.0635. The van der Waals surface area contributed by atoms with Crippen LogP contribution in [0.3, 0.4) is 0 Å². The smallest absolute Gasteiger partial charge is 0.413 e. The van der Waals surface area contributed by atoms with Crippen LogP contribution in [0, 0.1) is 0 Å². The number of methoxy groups -OCH3 is 1. The number of amides is 1. The normalized spacial score (nSPS) is 10.9. The first-order chi connectivity index (χ1) is 8.35. The van der Waals surface area contributed by atoms with E-state index in [9.17, 15) is 4.79 Å². The molecule has 100 valence electrons. The van der Waals surface area contributed by atoms with Gasteiger partial charge < -0.3 is 15.2 Å². The van der Waals surface area contributed by atoms with Gasteiger partial charge in [-0.2, -0.15) is 4.98 Å². The van der Waals surface area contributed by atoms with Gasteiger partial charge in [-0.15, -0.1) is 0 Å². The highest BCUT2D eigenvalue weighted by molar-refractivity contribution is 5.83. The molecule has 1 heterocycles. The number of ether oxygens (including phenoxy) is 2. The highest BCUT2D eigenvalue weighted by Crippen LogP contribution is 2.15. The van der Waals surface area contributed by atoms with Crippen molar-refractivity contribution in [2.24, 2.45) is 5.73 Å². The Hall–Kier alpha value is -1.89. The average Bonchev–Trinajstić information content (AvgIpc) is 2.26. The number of nitrogens with one attached hydrogen (secondary N) is 1. The third-order valence-corrected chi connectivity index (χ3v) is 1.83. The van der Waals surface area contributed by atoms with Gasteiger partial charge in [-0.25, -0.2) is 4.79 Å². The van der Waals surface area contributed by atoms with E-state index >= 15 is 0 Å². The van der Waals surface area contributed by atoms with Crippen LogP contribution < -0.4 is 15.8 Å². The molecule has 1 aromatic heterocycles. The summed E-state index contributed by atoms with van der Waals surface area (Å²) in [6, 6.07) is 0. The Morgan fingerprint density at radius 3 is 2.67 bits per heavy atom. The van der Waals surface area contributed by atoms with Gasteiger partial charge in [0.1, 0.15) is 11.3 Å². The fourth-order valence-corrected chi connectivity index (χ4v) is 1.17. The van der Waals surface area contributed by atoms with E-state index in [4.69, 9.17) is 15.2 Å². The molecule has 0 radical (unpaired) electrons. The summed E-state index contributed by atoms with van der Waals surface area (Å²) >= 11 is 0. The number of aromatic nitrogens is 2. The van der Waals surface area contributed by atoms with Crippen LogP contribution in [0.1, 0.15) is 26.5 Å². The van der Waals surface area contributed by atoms with Crippen molar-refractivity contribution in [3.05, 3.63) is 11.9 Å². The summed E-state index contributed by atoms with van der Waals surface area (Å²) in [7, 11) is 1.46. The van der Waals surface area contributed by atoms with Crippen molar-refractivity contribution in [3.63, 3.8) is 0 Å². The maximum Gasteiger partial charge on any atom is 0.413 e. The molecule has 1 rings (SSSR count). The van der Waals surface area contributed by atoms with Gasteiger partial charge >= 0.3 is 6.09 Å². The molecule has 7 nitrogen and oxygen atoms in total. The van der Waals surface area contributed by atoms with Crippen molar-refractivity contribution < 1.29 is 14.3 Å².